The summed E-state index contributed by atoms with van der Waals surface area (Å²) in [6, 6.07) is 6.78. The Balaban J connectivity index is 2.28. The van der Waals surface area contributed by atoms with Crippen molar-refractivity contribution in [1.82, 2.24) is 14.7 Å². The number of benzene rings is 1. The summed E-state index contributed by atoms with van der Waals surface area (Å²) in [7, 11) is -3.73. The molecule has 0 aliphatic carbocycles. The molecule has 1 unspecified atom stereocenters. The Bertz CT molecular complexity index is 805. The first kappa shape index (κ1) is 18.1. The van der Waals surface area contributed by atoms with Crippen molar-refractivity contribution in [2.75, 3.05) is 0 Å². The van der Waals surface area contributed by atoms with Gasteiger partial charge >= 0.3 is 0 Å². The second-order valence-electron chi connectivity index (χ2n) is 6.09. The molecule has 0 fully saturated rings. The summed E-state index contributed by atoms with van der Waals surface area (Å²) < 4.78 is 26.9. The van der Waals surface area contributed by atoms with Gasteiger partial charge in [-0.05, 0) is 30.9 Å². The maximum Gasteiger partial charge on any atom is 0.265 e. The Kier molecular flexibility index (Phi) is 5.66. The summed E-state index contributed by atoms with van der Waals surface area (Å²) in [5, 5.41) is -0.645. The number of carbonyl (C=O) groups excluding carboxylic acids is 1. The van der Waals surface area contributed by atoms with Crippen LogP contribution in [-0.2, 0) is 10.0 Å². The van der Waals surface area contributed by atoms with Gasteiger partial charge in [-0.3, -0.25) is 4.79 Å². The van der Waals surface area contributed by atoms with Crippen molar-refractivity contribution in [3.63, 3.8) is 0 Å². The first-order valence-corrected chi connectivity index (χ1v) is 9.26. The van der Waals surface area contributed by atoms with Crippen molar-refractivity contribution in [3.8, 4) is 11.1 Å². The van der Waals surface area contributed by atoms with Gasteiger partial charge in [0.2, 0.25) is 10.0 Å². The van der Waals surface area contributed by atoms with Crippen LogP contribution in [0.25, 0.3) is 11.1 Å². The molecular formula is C17H21N3O3S. The second kappa shape index (κ2) is 7.53. The van der Waals surface area contributed by atoms with E-state index in [1.165, 1.54) is 6.33 Å². The Morgan fingerprint density at radius 1 is 1.12 bits per heavy atom. The molecule has 24 heavy (non-hydrogen) atoms. The van der Waals surface area contributed by atoms with Crippen molar-refractivity contribution >= 4 is 15.9 Å². The summed E-state index contributed by atoms with van der Waals surface area (Å²) in [6.45, 7) is 5.49. The second-order valence-corrected chi connectivity index (χ2v) is 8.19. The van der Waals surface area contributed by atoms with Crippen molar-refractivity contribution < 1.29 is 13.2 Å². The van der Waals surface area contributed by atoms with Crippen LogP contribution in [0.4, 0.5) is 0 Å². The molecule has 1 N–H and O–H groups in total. The minimum Gasteiger partial charge on any atom is -0.268 e. The number of amides is 1. The van der Waals surface area contributed by atoms with Crippen molar-refractivity contribution in [1.29, 1.82) is 0 Å². The van der Waals surface area contributed by atoms with E-state index in [1.807, 2.05) is 13.8 Å². The number of carbonyl (C=O) groups is 1. The Labute approximate surface area is 142 Å². The van der Waals surface area contributed by atoms with Crippen LogP contribution < -0.4 is 4.72 Å². The summed E-state index contributed by atoms with van der Waals surface area (Å²) >= 11 is 0. The molecule has 2 aromatic rings. The lowest BCUT2D eigenvalue weighted by Crippen LogP contribution is -2.37. The van der Waals surface area contributed by atoms with Crippen LogP contribution >= 0.6 is 0 Å². The van der Waals surface area contributed by atoms with E-state index in [4.69, 9.17) is 0 Å². The van der Waals surface area contributed by atoms with Crippen LogP contribution in [0.3, 0.4) is 0 Å². The number of nitrogens with one attached hydrogen (secondary N) is 1. The molecule has 0 spiro atoms. The molecule has 7 heteroatoms. The number of nitrogens with zero attached hydrogens (tertiary/aromatic N) is 2. The highest BCUT2D eigenvalue weighted by Gasteiger charge is 2.25. The standard InChI is InChI=1S/C17H21N3O3S/c1-12(2)8-13(3)24(22,23)20-17(21)16-7-5-4-6-15(16)14-9-18-11-19-10-14/h4-7,9-13H,8H2,1-3H3,(H,20,21). The number of rotatable bonds is 6. The fourth-order valence-electron chi connectivity index (χ4n) is 2.45. The molecule has 6 nitrogen and oxygen atoms in total. The third-order valence-corrected chi connectivity index (χ3v) is 5.33. The molecule has 0 aliphatic rings. The molecule has 0 saturated carbocycles. The van der Waals surface area contributed by atoms with Gasteiger partial charge in [0.1, 0.15) is 6.33 Å². The van der Waals surface area contributed by atoms with E-state index >= 15 is 0 Å². The van der Waals surface area contributed by atoms with Gasteiger partial charge in [-0.25, -0.2) is 23.1 Å². The first-order chi connectivity index (χ1) is 11.3. The zero-order valence-electron chi connectivity index (χ0n) is 13.9. The minimum atomic E-state index is -3.73. The molecule has 1 heterocycles. The normalized spacial score (nSPS) is 12.8. The first-order valence-electron chi connectivity index (χ1n) is 7.71. The molecule has 1 aromatic heterocycles. The van der Waals surface area contributed by atoms with Gasteiger partial charge in [0.05, 0.1) is 5.25 Å². The number of sulfonamides is 1. The van der Waals surface area contributed by atoms with Gasteiger partial charge in [0, 0.05) is 23.5 Å². The summed E-state index contributed by atoms with van der Waals surface area (Å²) in [5.41, 5.74) is 1.51. The summed E-state index contributed by atoms with van der Waals surface area (Å²) in [5.74, 6) is -0.425. The number of aromatic nitrogens is 2. The average Bonchev–Trinajstić information content (AvgIpc) is 2.54. The Hall–Kier alpha value is -2.28. The fourth-order valence-corrected chi connectivity index (χ4v) is 3.65. The van der Waals surface area contributed by atoms with Crippen LogP contribution in [0.1, 0.15) is 37.6 Å². The number of hydrogen-bond donors (Lipinski definition) is 1. The van der Waals surface area contributed by atoms with E-state index in [9.17, 15) is 13.2 Å². The maximum atomic E-state index is 12.5. The quantitative estimate of drug-likeness (QED) is 0.868. The molecule has 1 amide bonds. The van der Waals surface area contributed by atoms with Crippen LogP contribution in [0, 0.1) is 5.92 Å². The van der Waals surface area contributed by atoms with E-state index in [2.05, 4.69) is 14.7 Å². The van der Waals surface area contributed by atoms with Crippen molar-refractivity contribution in [3.05, 3.63) is 48.5 Å². The molecule has 128 valence electrons. The molecule has 2 rings (SSSR count). The predicted molar refractivity (Wildman–Crippen MR) is 92.8 cm³/mol. The third-order valence-electron chi connectivity index (χ3n) is 3.61. The number of hydrogen-bond acceptors (Lipinski definition) is 5. The predicted octanol–water partition coefficient (Wildman–Crippen LogP) is 2.64. The van der Waals surface area contributed by atoms with Crippen molar-refractivity contribution in [2.45, 2.75) is 32.4 Å². The van der Waals surface area contributed by atoms with Crippen LogP contribution in [-0.4, -0.2) is 29.5 Å². The smallest absolute Gasteiger partial charge is 0.265 e. The highest BCUT2D eigenvalue weighted by atomic mass is 32.2. The van der Waals surface area contributed by atoms with E-state index in [-0.39, 0.29) is 11.5 Å². The maximum absolute atomic E-state index is 12.5. The van der Waals surface area contributed by atoms with E-state index in [1.54, 1.807) is 43.6 Å². The Morgan fingerprint density at radius 2 is 1.75 bits per heavy atom. The van der Waals surface area contributed by atoms with Gasteiger partial charge < -0.3 is 0 Å². The fraction of sp³-hybridized carbons (Fsp3) is 0.353. The van der Waals surface area contributed by atoms with Crippen LogP contribution in [0.15, 0.2) is 43.0 Å². The van der Waals surface area contributed by atoms with Crippen molar-refractivity contribution in [2.24, 2.45) is 5.92 Å². The van der Waals surface area contributed by atoms with Crippen LogP contribution in [0.2, 0.25) is 0 Å². The topological polar surface area (TPSA) is 89.0 Å². The van der Waals surface area contributed by atoms with Gasteiger partial charge in [0.15, 0.2) is 0 Å². The van der Waals surface area contributed by atoms with Gasteiger partial charge in [-0.1, -0.05) is 32.0 Å². The molecule has 1 atom stereocenters. The molecule has 1 aromatic carbocycles. The lowest BCUT2D eigenvalue weighted by atomic mass is 10.0. The molecular weight excluding hydrogens is 326 g/mol. The molecule has 0 saturated heterocycles. The lowest BCUT2D eigenvalue weighted by Gasteiger charge is -2.16. The summed E-state index contributed by atoms with van der Waals surface area (Å²) in [4.78, 5) is 20.4. The van der Waals surface area contributed by atoms with Crippen LogP contribution in [0.5, 0.6) is 0 Å². The van der Waals surface area contributed by atoms with Gasteiger partial charge in [-0.2, -0.15) is 0 Å². The van der Waals surface area contributed by atoms with E-state index in [0.717, 1.165) is 0 Å². The monoisotopic (exact) mass is 347 g/mol. The molecule has 0 bridgehead atoms. The zero-order valence-corrected chi connectivity index (χ0v) is 14.7. The largest absolute Gasteiger partial charge is 0.268 e. The van der Waals surface area contributed by atoms with Gasteiger partial charge in [0.25, 0.3) is 5.91 Å². The lowest BCUT2D eigenvalue weighted by molar-refractivity contribution is 0.0981. The average molecular weight is 347 g/mol. The van der Waals surface area contributed by atoms with Gasteiger partial charge in [-0.15, -0.1) is 0 Å². The zero-order chi connectivity index (χ0) is 17.7. The molecule has 0 radical (unpaired) electrons. The van der Waals surface area contributed by atoms with E-state index < -0.39 is 21.2 Å². The summed E-state index contributed by atoms with van der Waals surface area (Å²) in [6.07, 6.45) is 5.03. The highest BCUT2D eigenvalue weighted by molar-refractivity contribution is 7.90. The Morgan fingerprint density at radius 3 is 2.38 bits per heavy atom. The minimum absolute atomic E-state index is 0.223. The highest BCUT2D eigenvalue weighted by Crippen LogP contribution is 2.22. The van der Waals surface area contributed by atoms with E-state index in [0.29, 0.717) is 17.5 Å². The molecule has 0 aliphatic heterocycles. The third kappa shape index (κ3) is 4.38. The SMILES string of the molecule is CC(C)CC(C)S(=O)(=O)NC(=O)c1ccccc1-c1cncnc1.